The molecular weight excluding hydrogens is 292 g/mol. The van der Waals surface area contributed by atoms with Crippen LogP contribution in [0.25, 0.3) is 0 Å². The van der Waals surface area contributed by atoms with Gasteiger partial charge in [0.15, 0.2) is 0 Å². The zero-order valence-electron chi connectivity index (χ0n) is 12.0. The second-order valence-electron chi connectivity index (χ2n) is 5.10. The van der Waals surface area contributed by atoms with Crippen molar-refractivity contribution in [3.8, 4) is 5.75 Å². The van der Waals surface area contributed by atoms with Crippen LogP contribution < -0.4 is 9.46 Å². The van der Waals surface area contributed by atoms with Crippen LogP contribution in [-0.4, -0.2) is 51.2 Å². The molecule has 21 heavy (non-hydrogen) atoms. The van der Waals surface area contributed by atoms with Gasteiger partial charge in [-0.05, 0) is 12.1 Å². The summed E-state index contributed by atoms with van der Waals surface area (Å²) >= 11 is 0. The number of hydrogen-bond donors (Lipinski definition) is 1. The molecule has 1 aromatic rings. The molecule has 1 atom stereocenters. The predicted molar refractivity (Wildman–Crippen MR) is 79.5 cm³/mol. The third-order valence-electron chi connectivity index (χ3n) is 3.25. The van der Waals surface area contributed by atoms with Crippen molar-refractivity contribution < 1.29 is 17.9 Å². The minimum absolute atomic E-state index is 0.000725. The van der Waals surface area contributed by atoms with Gasteiger partial charge in [-0.3, -0.25) is 4.79 Å². The average Bonchev–Trinajstić information content (AvgIpc) is 2.87. The Morgan fingerprint density at radius 3 is 2.76 bits per heavy atom. The number of benzene rings is 1. The first kappa shape index (κ1) is 15.8. The van der Waals surface area contributed by atoms with Gasteiger partial charge in [-0.15, -0.1) is 0 Å². The van der Waals surface area contributed by atoms with E-state index in [0.29, 0.717) is 13.1 Å². The molecule has 116 valence electrons. The molecule has 0 bridgehead atoms. The largest absolute Gasteiger partial charge is 0.489 e. The third kappa shape index (κ3) is 5.35. The Labute approximate surface area is 125 Å². The Hall–Kier alpha value is -1.60. The number of hydrogen-bond acceptors (Lipinski definition) is 4. The number of para-hydroxylation sites is 1. The van der Waals surface area contributed by atoms with Gasteiger partial charge in [0.2, 0.25) is 15.9 Å². The van der Waals surface area contributed by atoms with Crippen molar-refractivity contribution in [1.82, 2.24) is 9.62 Å². The molecule has 1 fully saturated rings. The Morgan fingerprint density at radius 1 is 1.38 bits per heavy atom. The van der Waals surface area contributed by atoms with Crippen molar-refractivity contribution in [3.63, 3.8) is 0 Å². The highest BCUT2D eigenvalue weighted by molar-refractivity contribution is 7.88. The molecule has 0 aliphatic carbocycles. The molecule has 2 rings (SSSR count). The van der Waals surface area contributed by atoms with E-state index in [1.54, 1.807) is 4.90 Å². The van der Waals surface area contributed by atoms with Gasteiger partial charge in [-0.2, -0.15) is 0 Å². The minimum Gasteiger partial charge on any atom is -0.489 e. The molecule has 1 saturated heterocycles. The summed E-state index contributed by atoms with van der Waals surface area (Å²) in [6, 6.07) is 9.52. The third-order valence-corrected chi connectivity index (χ3v) is 3.98. The van der Waals surface area contributed by atoms with E-state index in [2.05, 4.69) is 4.72 Å². The van der Waals surface area contributed by atoms with Gasteiger partial charge in [-0.25, -0.2) is 13.1 Å². The van der Waals surface area contributed by atoms with E-state index in [1.165, 1.54) is 0 Å². The van der Waals surface area contributed by atoms with Crippen molar-refractivity contribution in [3.05, 3.63) is 30.3 Å². The quantitative estimate of drug-likeness (QED) is 0.835. The van der Waals surface area contributed by atoms with Crippen molar-refractivity contribution in [2.75, 3.05) is 25.9 Å². The lowest BCUT2D eigenvalue weighted by Crippen LogP contribution is -2.34. The standard InChI is InChI=1S/C14H20N2O4S/c1-21(18,19)15-9-7-14(17)16-10-8-13(11-16)20-12-5-3-2-4-6-12/h2-6,13,15H,7-11H2,1H3. The number of likely N-dealkylation sites (tertiary alicyclic amines) is 1. The Balaban J connectivity index is 1.75. The molecule has 1 unspecified atom stereocenters. The van der Waals surface area contributed by atoms with Crippen molar-refractivity contribution in [2.24, 2.45) is 0 Å². The maximum absolute atomic E-state index is 12.0. The van der Waals surface area contributed by atoms with Gasteiger partial charge in [-0.1, -0.05) is 18.2 Å². The predicted octanol–water partition coefficient (Wildman–Crippen LogP) is 0.606. The second kappa shape index (κ2) is 6.91. The van der Waals surface area contributed by atoms with Crippen molar-refractivity contribution >= 4 is 15.9 Å². The minimum atomic E-state index is -3.24. The lowest BCUT2D eigenvalue weighted by Gasteiger charge is -2.17. The fraction of sp³-hybridized carbons (Fsp3) is 0.500. The van der Waals surface area contributed by atoms with Gasteiger partial charge in [0.1, 0.15) is 11.9 Å². The number of nitrogens with one attached hydrogen (secondary N) is 1. The molecule has 1 amide bonds. The molecule has 1 aliphatic heterocycles. The van der Waals surface area contributed by atoms with Crippen LogP contribution in [0, 0.1) is 0 Å². The topological polar surface area (TPSA) is 75.7 Å². The molecule has 6 nitrogen and oxygen atoms in total. The second-order valence-corrected chi connectivity index (χ2v) is 6.93. The molecule has 1 aromatic carbocycles. The van der Waals surface area contributed by atoms with E-state index in [1.807, 2.05) is 30.3 Å². The van der Waals surface area contributed by atoms with Crippen molar-refractivity contribution in [2.45, 2.75) is 18.9 Å². The first-order chi connectivity index (χ1) is 9.94. The summed E-state index contributed by atoms with van der Waals surface area (Å²) in [7, 11) is -3.24. The van der Waals surface area contributed by atoms with Crippen LogP contribution in [0.4, 0.5) is 0 Å². The maximum Gasteiger partial charge on any atom is 0.224 e. The van der Waals surface area contributed by atoms with Crippen LogP contribution in [0.1, 0.15) is 12.8 Å². The zero-order chi connectivity index (χ0) is 15.3. The molecule has 1 aliphatic rings. The van der Waals surface area contributed by atoms with E-state index >= 15 is 0 Å². The summed E-state index contributed by atoms with van der Waals surface area (Å²) in [6.07, 6.45) is 2.04. The number of rotatable bonds is 6. The van der Waals surface area contributed by atoms with Crippen LogP contribution >= 0.6 is 0 Å². The monoisotopic (exact) mass is 312 g/mol. The Morgan fingerprint density at radius 2 is 2.10 bits per heavy atom. The van der Waals surface area contributed by atoms with E-state index in [9.17, 15) is 13.2 Å². The van der Waals surface area contributed by atoms with Crippen LogP contribution in [-0.2, 0) is 14.8 Å². The van der Waals surface area contributed by atoms with Gasteiger partial charge in [0.25, 0.3) is 0 Å². The SMILES string of the molecule is CS(=O)(=O)NCCC(=O)N1CCC(Oc2ccccc2)C1. The molecule has 7 heteroatoms. The highest BCUT2D eigenvalue weighted by Crippen LogP contribution is 2.18. The van der Waals surface area contributed by atoms with Crippen LogP contribution in [0.15, 0.2) is 30.3 Å². The fourth-order valence-corrected chi connectivity index (χ4v) is 2.72. The molecule has 0 aromatic heterocycles. The summed E-state index contributed by atoms with van der Waals surface area (Å²) in [5.74, 6) is 0.751. The van der Waals surface area contributed by atoms with Crippen LogP contribution in [0.2, 0.25) is 0 Å². The lowest BCUT2D eigenvalue weighted by molar-refractivity contribution is -0.130. The molecule has 1 N–H and O–H groups in total. The van der Waals surface area contributed by atoms with Crippen LogP contribution in [0.5, 0.6) is 5.75 Å². The van der Waals surface area contributed by atoms with E-state index < -0.39 is 10.0 Å². The average molecular weight is 312 g/mol. The number of amides is 1. The highest BCUT2D eigenvalue weighted by atomic mass is 32.2. The molecule has 0 saturated carbocycles. The van der Waals surface area contributed by atoms with E-state index in [4.69, 9.17) is 4.74 Å². The number of sulfonamides is 1. The van der Waals surface area contributed by atoms with Gasteiger partial charge >= 0.3 is 0 Å². The first-order valence-corrected chi connectivity index (χ1v) is 8.77. The van der Waals surface area contributed by atoms with E-state index in [-0.39, 0.29) is 25.0 Å². The normalized spacial score (nSPS) is 18.7. The maximum atomic E-state index is 12.0. The van der Waals surface area contributed by atoms with Gasteiger partial charge in [0, 0.05) is 25.9 Å². The zero-order valence-corrected chi connectivity index (χ0v) is 12.8. The lowest BCUT2D eigenvalue weighted by atomic mass is 10.3. The molecule has 1 heterocycles. The smallest absolute Gasteiger partial charge is 0.224 e. The number of carbonyl (C=O) groups excluding carboxylic acids is 1. The summed E-state index contributed by atoms with van der Waals surface area (Å²) in [4.78, 5) is 13.7. The number of nitrogens with zero attached hydrogens (tertiary/aromatic N) is 1. The molecular formula is C14H20N2O4S. The summed E-state index contributed by atoms with van der Waals surface area (Å²) in [5.41, 5.74) is 0. The van der Waals surface area contributed by atoms with Gasteiger partial charge < -0.3 is 9.64 Å². The van der Waals surface area contributed by atoms with Crippen molar-refractivity contribution in [1.29, 1.82) is 0 Å². The highest BCUT2D eigenvalue weighted by Gasteiger charge is 2.27. The number of carbonyl (C=O) groups is 1. The van der Waals surface area contributed by atoms with E-state index in [0.717, 1.165) is 18.4 Å². The van der Waals surface area contributed by atoms with Crippen LogP contribution in [0.3, 0.4) is 0 Å². The first-order valence-electron chi connectivity index (χ1n) is 6.88. The van der Waals surface area contributed by atoms with Gasteiger partial charge in [0.05, 0.1) is 12.8 Å². The summed E-state index contributed by atoms with van der Waals surface area (Å²) < 4.78 is 30.0. The summed E-state index contributed by atoms with van der Waals surface area (Å²) in [6.45, 7) is 1.33. The molecule has 0 spiro atoms. The Kier molecular flexibility index (Phi) is 5.19. The fourth-order valence-electron chi connectivity index (χ4n) is 2.24. The Bertz CT molecular complexity index is 574. The summed E-state index contributed by atoms with van der Waals surface area (Å²) in [5, 5.41) is 0. The molecule has 0 radical (unpaired) electrons. The number of ether oxygens (including phenoxy) is 1.